The molecular formula is C27H33N3O6. The molecule has 1 atom stereocenters. The Hall–Kier alpha value is -3.75. The average Bonchev–Trinajstić information content (AvgIpc) is 3.32. The van der Waals surface area contributed by atoms with Crippen LogP contribution in [0.5, 0.6) is 23.0 Å². The molecule has 1 saturated carbocycles. The molecule has 9 heteroatoms. The summed E-state index contributed by atoms with van der Waals surface area (Å²) in [4.78, 5) is 27.7. The second-order valence-electron chi connectivity index (χ2n) is 9.01. The highest BCUT2D eigenvalue weighted by Crippen LogP contribution is 2.39. The van der Waals surface area contributed by atoms with Crippen LogP contribution in [0.15, 0.2) is 41.5 Å². The minimum Gasteiger partial charge on any atom is -0.497 e. The third kappa shape index (κ3) is 4.96. The number of ether oxygens (including phenoxy) is 4. The molecule has 0 N–H and O–H groups in total. The van der Waals surface area contributed by atoms with Gasteiger partial charge < -0.3 is 23.8 Å². The maximum Gasteiger partial charge on any atom is 0.262 e. The number of carbonyl (C=O) groups excluding carboxylic acids is 2. The molecule has 1 heterocycles. The van der Waals surface area contributed by atoms with E-state index in [-0.39, 0.29) is 30.3 Å². The first-order chi connectivity index (χ1) is 17.4. The summed E-state index contributed by atoms with van der Waals surface area (Å²) >= 11 is 0. The first-order valence-corrected chi connectivity index (χ1v) is 12.0. The molecule has 1 fully saturated rings. The summed E-state index contributed by atoms with van der Waals surface area (Å²) in [5.74, 6) is 2.20. The lowest BCUT2D eigenvalue weighted by atomic mass is 9.84. The second kappa shape index (κ2) is 10.9. The summed E-state index contributed by atoms with van der Waals surface area (Å²) in [5.41, 5.74) is 2.33. The van der Waals surface area contributed by atoms with Crippen molar-refractivity contribution in [3.8, 4) is 23.0 Å². The van der Waals surface area contributed by atoms with E-state index in [2.05, 4.69) is 0 Å². The molecule has 2 aromatic rings. The van der Waals surface area contributed by atoms with E-state index in [9.17, 15) is 9.59 Å². The summed E-state index contributed by atoms with van der Waals surface area (Å²) in [6.45, 7) is -0.0460. The van der Waals surface area contributed by atoms with E-state index in [4.69, 9.17) is 24.0 Å². The van der Waals surface area contributed by atoms with Crippen LogP contribution in [-0.4, -0.2) is 69.5 Å². The molecule has 1 aliphatic carbocycles. The van der Waals surface area contributed by atoms with Crippen LogP contribution in [0, 0.1) is 5.92 Å². The number of carbonyl (C=O) groups is 2. The molecule has 0 aromatic heterocycles. The lowest BCUT2D eigenvalue weighted by Crippen LogP contribution is -2.42. The van der Waals surface area contributed by atoms with Gasteiger partial charge in [0.25, 0.3) is 5.91 Å². The van der Waals surface area contributed by atoms with Gasteiger partial charge in [0.1, 0.15) is 18.0 Å². The third-order valence-electron chi connectivity index (χ3n) is 6.88. The fourth-order valence-corrected chi connectivity index (χ4v) is 4.58. The molecule has 1 aliphatic heterocycles. The molecule has 0 spiro atoms. The van der Waals surface area contributed by atoms with Crippen molar-refractivity contribution < 1.29 is 28.5 Å². The van der Waals surface area contributed by atoms with Crippen LogP contribution in [0.25, 0.3) is 0 Å². The minimum absolute atomic E-state index is 0.0116. The first-order valence-electron chi connectivity index (χ1n) is 12.0. The maximum absolute atomic E-state index is 13.5. The van der Waals surface area contributed by atoms with Gasteiger partial charge in [0.15, 0.2) is 11.5 Å². The van der Waals surface area contributed by atoms with Gasteiger partial charge in [-0.05, 0) is 42.7 Å². The van der Waals surface area contributed by atoms with E-state index < -0.39 is 0 Å². The molecule has 0 unspecified atom stereocenters. The van der Waals surface area contributed by atoms with Gasteiger partial charge in [-0.15, -0.1) is 0 Å². The zero-order chi connectivity index (χ0) is 25.8. The molecule has 0 radical (unpaired) electrons. The Labute approximate surface area is 211 Å². The highest BCUT2D eigenvalue weighted by molar-refractivity contribution is 6.05. The number of hydrogen-bond donors (Lipinski definition) is 0. The summed E-state index contributed by atoms with van der Waals surface area (Å²) < 4.78 is 21.8. The van der Waals surface area contributed by atoms with Crippen LogP contribution >= 0.6 is 0 Å². The van der Waals surface area contributed by atoms with Crippen LogP contribution in [0.2, 0.25) is 0 Å². The van der Waals surface area contributed by atoms with Crippen molar-refractivity contribution in [2.24, 2.45) is 11.0 Å². The average molecular weight is 496 g/mol. The van der Waals surface area contributed by atoms with E-state index in [0.717, 1.165) is 30.4 Å². The lowest BCUT2D eigenvalue weighted by molar-refractivity contribution is -0.144. The largest absolute Gasteiger partial charge is 0.497 e. The molecule has 0 saturated heterocycles. The molecule has 4 rings (SSSR count). The van der Waals surface area contributed by atoms with Crippen molar-refractivity contribution in [3.63, 3.8) is 0 Å². The SMILES string of the molecule is COc1ccc(C2=NN(C(=O)CN(C)C(=O)C3CCC3)[C@@H](c3ccc(OC)c(OC)c3)C2)c(OC)c1. The van der Waals surface area contributed by atoms with Crippen LogP contribution in [0.3, 0.4) is 0 Å². The summed E-state index contributed by atoms with van der Waals surface area (Å²) in [5, 5.41) is 6.22. The molecule has 36 heavy (non-hydrogen) atoms. The Morgan fingerprint density at radius 3 is 2.28 bits per heavy atom. The van der Waals surface area contributed by atoms with Gasteiger partial charge in [-0.25, -0.2) is 5.01 Å². The van der Waals surface area contributed by atoms with Gasteiger partial charge in [-0.2, -0.15) is 5.10 Å². The van der Waals surface area contributed by atoms with Crippen LogP contribution in [0.1, 0.15) is 42.9 Å². The maximum atomic E-state index is 13.5. The number of methoxy groups -OCH3 is 4. The number of rotatable bonds is 9. The second-order valence-corrected chi connectivity index (χ2v) is 9.01. The normalized spacial score (nSPS) is 17.2. The number of nitrogens with zero attached hydrogens (tertiary/aromatic N) is 3. The highest BCUT2D eigenvalue weighted by Gasteiger charge is 2.36. The lowest BCUT2D eigenvalue weighted by Gasteiger charge is -2.30. The van der Waals surface area contributed by atoms with E-state index in [1.165, 1.54) is 9.91 Å². The smallest absolute Gasteiger partial charge is 0.262 e. The predicted octanol–water partition coefficient (Wildman–Crippen LogP) is 3.66. The van der Waals surface area contributed by atoms with Crippen LogP contribution in [0.4, 0.5) is 0 Å². The quantitative estimate of drug-likeness (QED) is 0.528. The fraction of sp³-hybridized carbons (Fsp3) is 0.444. The molecule has 192 valence electrons. The van der Waals surface area contributed by atoms with Crippen LogP contribution < -0.4 is 18.9 Å². The monoisotopic (exact) mass is 495 g/mol. The molecule has 2 aromatic carbocycles. The number of hydrogen-bond acceptors (Lipinski definition) is 7. The van der Waals surface area contributed by atoms with E-state index in [0.29, 0.717) is 35.1 Å². The highest BCUT2D eigenvalue weighted by atomic mass is 16.5. The van der Waals surface area contributed by atoms with Crippen molar-refractivity contribution in [1.29, 1.82) is 0 Å². The van der Waals surface area contributed by atoms with Gasteiger partial charge in [-0.1, -0.05) is 12.5 Å². The Kier molecular flexibility index (Phi) is 7.67. The minimum atomic E-state index is -0.383. The number of hydrazone groups is 1. The van der Waals surface area contributed by atoms with E-state index >= 15 is 0 Å². The van der Waals surface area contributed by atoms with Gasteiger partial charge in [0.05, 0.1) is 40.2 Å². The van der Waals surface area contributed by atoms with Gasteiger partial charge in [0, 0.05) is 31.0 Å². The van der Waals surface area contributed by atoms with Crippen molar-refractivity contribution in [3.05, 3.63) is 47.5 Å². The Morgan fingerprint density at radius 1 is 0.944 bits per heavy atom. The zero-order valence-electron chi connectivity index (χ0n) is 21.4. The van der Waals surface area contributed by atoms with Gasteiger partial charge >= 0.3 is 0 Å². The number of likely N-dealkylation sites (N-methyl/N-ethyl adjacent to an activating group) is 1. The fourth-order valence-electron chi connectivity index (χ4n) is 4.58. The zero-order valence-corrected chi connectivity index (χ0v) is 21.4. The summed E-state index contributed by atoms with van der Waals surface area (Å²) in [7, 11) is 8.01. The first kappa shape index (κ1) is 25.3. The molecule has 2 aliphatic rings. The third-order valence-corrected chi connectivity index (χ3v) is 6.88. The summed E-state index contributed by atoms with van der Waals surface area (Å²) in [6, 6.07) is 10.7. The van der Waals surface area contributed by atoms with E-state index in [1.807, 2.05) is 30.3 Å². The Balaban J connectivity index is 1.67. The van der Waals surface area contributed by atoms with Crippen molar-refractivity contribution in [2.75, 3.05) is 42.0 Å². The summed E-state index contributed by atoms with van der Waals surface area (Å²) in [6.07, 6.45) is 3.29. The van der Waals surface area contributed by atoms with Gasteiger partial charge in [0.2, 0.25) is 5.91 Å². The number of benzene rings is 2. The van der Waals surface area contributed by atoms with Crippen LogP contribution in [-0.2, 0) is 9.59 Å². The molecule has 2 amide bonds. The number of amides is 2. The van der Waals surface area contributed by atoms with E-state index in [1.54, 1.807) is 41.6 Å². The van der Waals surface area contributed by atoms with Crippen molar-refractivity contribution in [1.82, 2.24) is 9.91 Å². The van der Waals surface area contributed by atoms with Gasteiger partial charge in [-0.3, -0.25) is 9.59 Å². The molecular weight excluding hydrogens is 462 g/mol. The molecule has 0 bridgehead atoms. The standard InChI is InChI=1S/C27H33N3O6/c1-29(27(32)17-7-6-8-17)16-26(31)30-22(18-9-12-23(34-3)25(13-18)36-5)15-21(28-30)20-11-10-19(33-2)14-24(20)35-4/h9-14,17,22H,6-8,15-16H2,1-5H3/t22-/m1/s1. The Bertz CT molecular complexity index is 1160. The van der Waals surface area contributed by atoms with Crippen molar-refractivity contribution >= 4 is 17.5 Å². The topological polar surface area (TPSA) is 89.9 Å². The van der Waals surface area contributed by atoms with Crippen molar-refractivity contribution in [2.45, 2.75) is 31.7 Å². The molecule has 9 nitrogen and oxygen atoms in total. The predicted molar refractivity (Wildman–Crippen MR) is 135 cm³/mol. The Morgan fingerprint density at radius 2 is 1.67 bits per heavy atom.